The molecule has 3 rings (SSSR count). The summed E-state index contributed by atoms with van der Waals surface area (Å²) in [6.07, 6.45) is 4.09. The van der Waals surface area contributed by atoms with Gasteiger partial charge in [0.1, 0.15) is 0 Å². The summed E-state index contributed by atoms with van der Waals surface area (Å²) in [4.78, 5) is 14.7. The molecule has 0 aromatic carbocycles. The number of rotatable bonds is 6. The summed E-state index contributed by atoms with van der Waals surface area (Å²) in [5, 5.41) is 13.0. The molecule has 2 fully saturated rings. The van der Waals surface area contributed by atoms with E-state index in [4.69, 9.17) is 14.6 Å². The second-order valence-corrected chi connectivity index (χ2v) is 7.20. The Morgan fingerprint density at radius 3 is 3.09 bits per heavy atom. The van der Waals surface area contributed by atoms with Gasteiger partial charge in [0, 0.05) is 13.7 Å². The zero-order valence-electron chi connectivity index (χ0n) is 13.6. The van der Waals surface area contributed by atoms with E-state index in [9.17, 15) is 4.79 Å². The molecule has 6 heteroatoms. The number of aliphatic hydroxyl groups excluding tert-OH is 1. The monoisotopic (exact) mass is 339 g/mol. The van der Waals surface area contributed by atoms with E-state index in [1.54, 1.807) is 18.4 Å². The second kappa shape index (κ2) is 7.30. The number of thiophene rings is 1. The molecule has 128 valence electrons. The van der Waals surface area contributed by atoms with E-state index in [-0.39, 0.29) is 30.3 Å². The molecule has 1 aliphatic heterocycles. The SMILES string of the molecule is CO[C@@]12CC[C@@H](OCCO)C[C@@H]1N(C(=O)Cc1ccsc1)CC2. The summed E-state index contributed by atoms with van der Waals surface area (Å²) in [6.45, 7) is 1.16. The Kier molecular flexibility index (Phi) is 5.36. The van der Waals surface area contributed by atoms with E-state index in [1.807, 2.05) is 21.7 Å². The molecule has 1 N–H and O–H groups in total. The van der Waals surface area contributed by atoms with Gasteiger partial charge in [0.05, 0.1) is 37.4 Å². The smallest absolute Gasteiger partial charge is 0.227 e. The number of ether oxygens (including phenoxy) is 2. The minimum Gasteiger partial charge on any atom is -0.394 e. The maximum absolute atomic E-state index is 12.7. The van der Waals surface area contributed by atoms with Gasteiger partial charge in [0.25, 0.3) is 0 Å². The number of hydrogen-bond donors (Lipinski definition) is 1. The number of amides is 1. The van der Waals surface area contributed by atoms with Gasteiger partial charge < -0.3 is 19.5 Å². The molecule has 3 atom stereocenters. The molecule has 1 aromatic rings. The van der Waals surface area contributed by atoms with Gasteiger partial charge in [-0.25, -0.2) is 0 Å². The lowest BCUT2D eigenvalue weighted by molar-refractivity contribution is -0.141. The summed E-state index contributed by atoms with van der Waals surface area (Å²) in [7, 11) is 1.76. The van der Waals surface area contributed by atoms with Crippen LogP contribution in [-0.2, 0) is 20.7 Å². The standard InChI is InChI=1S/C17H25NO4S/c1-21-17-4-2-14(22-8-7-19)11-15(17)18(6-5-17)16(20)10-13-3-9-23-12-13/h3,9,12,14-15,19H,2,4-8,10-11H2,1H3/t14-,15+,17-/m1/s1. The average molecular weight is 339 g/mol. The topological polar surface area (TPSA) is 59.0 Å². The van der Waals surface area contributed by atoms with Gasteiger partial charge in [-0.2, -0.15) is 11.3 Å². The fraction of sp³-hybridized carbons (Fsp3) is 0.706. The van der Waals surface area contributed by atoms with Crippen molar-refractivity contribution in [3.05, 3.63) is 22.4 Å². The zero-order valence-corrected chi connectivity index (χ0v) is 14.4. The Bertz CT molecular complexity index is 521. The Labute approximate surface area is 141 Å². The fourth-order valence-corrected chi connectivity index (χ4v) is 4.67. The number of carbonyl (C=O) groups is 1. The van der Waals surface area contributed by atoms with E-state index < -0.39 is 0 Å². The van der Waals surface area contributed by atoms with Gasteiger partial charge >= 0.3 is 0 Å². The van der Waals surface area contributed by atoms with Gasteiger partial charge in [-0.1, -0.05) is 0 Å². The first-order valence-corrected chi connectivity index (χ1v) is 9.21. The molecule has 5 nitrogen and oxygen atoms in total. The summed E-state index contributed by atoms with van der Waals surface area (Å²) < 4.78 is 11.6. The van der Waals surface area contributed by atoms with Gasteiger partial charge in [-0.3, -0.25) is 4.79 Å². The maximum atomic E-state index is 12.7. The predicted molar refractivity (Wildman–Crippen MR) is 88.6 cm³/mol. The lowest BCUT2D eigenvalue weighted by Crippen LogP contribution is -2.53. The van der Waals surface area contributed by atoms with Gasteiger partial charge in [-0.15, -0.1) is 0 Å². The quantitative estimate of drug-likeness (QED) is 0.859. The lowest BCUT2D eigenvalue weighted by atomic mass is 9.79. The Morgan fingerprint density at radius 1 is 1.52 bits per heavy atom. The highest BCUT2D eigenvalue weighted by Crippen LogP contribution is 2.43. The molecule has 0 bridgehead atoms. The van der Waals surface area contributed by atoms with Gasteiger partial charge in [0.2, 0.25) is 5.91 Å². The highest BCUT2D eigenvalue weighted by Gasteiger charge is 2.52. The van der Waals surface area contributed by atoms with Crippen LogP contribution in [0.4, 0.5) is 0 Å². The highest BCUT2D eigenvalue weighted by molar-refractivity contribution is 7.07. The third kappa shape index (κ3) is 3.45. The van der Waals surface area contributed by atoms with Crippen LogP contribution in [0.25, 0.3) is 0 Å². The molecule has 0 radical (unpaired) electrons. The van der Waals surface area contributed by atoms with Crippen LogP contribution in [0.1, 0.15) is 31.2 Å². The highest BCUT2D eigenvalue weighted by atomic mass is 32.1. The average Bonchev–Trinajstić information content (AvgIpc) is 3.20. The summed E-state index contributed by atoms with van der Waals surface area (Å²) in [5.74, 6) is 0.176. The van der Waals surface area contributed by atoms with Crippen molar-refractivity contribution in [2.75, 3.05) is 26.9 Å². The number of methoxy groups -OCH3 is 1. The minimum atomic E-state index is -0.219. The molecule has 1 saturated carbocycles. The van der Waals surface area contributed by atoms with E-state index >= 15 is 0 Å². The lowest BCUT2D eigenvalue weighted by Gasteiger charge is -2.43. The Balaban J connectivity index is 1.69. The van der Waals surface area contributed by atoms with Gasteiger partial charge in [-0.05, 0) is 48.1 Å². The van der Waals surface area contributed by atoms with Crippen LogP contribution in [0.2, 0.25) is 0 Å². The van der Waals surface area contributed by atoms with Crippen molar-refractivity contribution >= 4 is 17.2 Å². The molecule has 2 aliphatic rings. The third-order valence-corrected chi connectivity index (χ3v) is 5.97. The maximum Gasteiger partial charge on any atom is 0.227 e. The van der Waals surface area contributed by atoms with Crippen LogP contribution in [0.15, 0.2) is 16.8 Å². The van der Waals surface area contributed by atoms with Crippen LogP contribution in [0, 0.1) is 0 Å². The van der Waals surface area contributed by atoms with Crippen molar-refractivity contribution in [1.29, 1.82) is 0 Å². The zero-order chi connectivity index (χ0) is 16.3. The number of aliphatic hydroxyl groups is 1. The van der Waals surface area contributed by atoms with Crippen molar-refractivity contribution in [2.24, 2.45) is 0 Å². The van der Waals surface area contributed by atoms with E-state index in [1.165, 1.54) is 0 Å². The summed E-state index contributed by atoms with van der Waals surface area (Å²) in [5.41, 5.74) is 0.863. The largest absolute Gasteiger partial charge is 0.394 e. The first kappa shape index (κ1) is 16.9. The first-order valence-electron chi connectivity index (χ1n) is 8.26. The fourth-order valence-electron chi connectivity index (χ4n) is 4.00. The number of carbonyl (C=O) groups excluding carboxylic acids is 1. The molecule has 0 spiro atoms. The van der Waals surface area contributed by atoms with Crippen LogP contribution < -0.4 is 0 Å². The molecular formula is C17H25NO4S. The predicted octanol–water partition coefficient (Wildman–Crippen LogP) is 1.84. The first-order chi connectivity index (χ1) is 11.2. The third-order valence-electron chi connectivity index (χ3n) is 5.24. The number of likely N-dealkylation sites (tertiary alicyclic amines) is 1. The molecule has 1 saturated heterocycles. The van der Waals surface area contributed by atoms with E-state index in [0.717, 1.165) is 37.8 Å². The van der Waals surface area contributed by atoms with Crippen LogP contribution in [0.3, 0.4) is 0 Å². The Morgan fingerprint density at radius 2 is 2.39 bits per heavy atom. The van der Waals surface area contributed by atoms with Crippen LogP contribution in [0.5, 0.6) is 0 Å². The van der Waals surface area contributed by atoms with Crippen LogP contribution >= 0.6 is 11.3 Å². The van der Waals surface area contributed by atoms with E-state index in [0.29, 0.717) is 13.0 Å². The minimum absolute atomic E-state index is 0.0391. The molecule has 1 amide bonds. The van der Waals surface area contributed by atoms with E-state index in [2.05, 4.69) is 0 Å². The van der Waals surface area contributed by atoms with Crippen molar-refractivity contribution in [2.45, 2.75) is 49.9 Å². The van der Waals surface area contributed by atoms with Crippen molar-refractivity contribution in [1.82, 2.24) is 4.90 Å². The second-order valence-electron chi connectivity index (χ2n) is 6.42. The normalized spacial score (nSPS) is 30.4. The molecule has 2 heterocycles. The molecule has 0 unspecified atom stereocenters. The van der Waals surface area contributed by atoms with Crippen LogP contribution in [-0.4, -0.2) is 60.5 Å². The van der Waals surface area contributed by atoms with Gasteiger partial charge in [0.15, 0.2) is 0 Å². The Hall–Kier alpha value is -0.950. The van der Waals surface area contributed by atoms with Crippen molar-refractivity contribution in [3.63, 3.8) is 0 Å². The molecule has 1 aliphatic carbocycles. The summed E-state index contributed by atoms with van der Waals surface area (Å²) in [6, 6.07) is 2.09. The van der Waals surface area contributed by atoms with Crippen molar-refractivity contribution in [3.8, 4) is 0 Å². The molecule has 1 aromatic heterocycles. The number of fused-ring (bicyclic) bond motifs is 1. The number of nitrogens with zero attached hydrogens (tertiary/aromatic N) is 1. The molecular weight excluding hydrogens is 314 g/mol. The number of hydrogen-bond acceptors (Lipinski definition) is 5. The molecule has 23 heavy (non-hydrogen) atoms. The van der Waals surface area contributed by atoms with Crippen molar-refractivity contribution < 1.29 is 19.4 Å². The summed E-state index contributed by atoms with van der Waals surface area (Å²) >= 11 is 1.62.